The molecule has 1 saturated carbocycles. The number of hydrogen-bond donors (Lipinski definition) is 0. The standard InChI is InChI=1S/C17H20F3NO3/c1-11(13-3-4-13)21(10-17(18,19)20)16(22)9-12-2-5-14-15(8-12)24-7-6-23-14/h2,5,8,11,13H,3-4,6-7,9-10H2,1H3. The third-order valence-corrected chi connectivity index (χ3v) is 4.43. The van der Waals surface area contributed by atoms with Crippen LogP contribution in [0.5, 0.6) is 11.5 Å². The highest BCUT2D eigenvalue weighted by Crippen LogP contribution is 2.37. The van der Waals surface area contributed by atoms with Crippen LogP contribution in [0.4, 0.5) is 13.2 Å². The van der Waals surface area contributed by atoms with E-state index >= 15 is 0 Å². The van der Waals surface area contributed by atoms with Gasteiger partial charge in [0, 0.05) is 6.04 Å². The Hall–Kier alpha value is -1.92. The number of carbonyl (C=O) groups is 1. The zero-order chi connectivity index (χ0) is 17.3. The quantitative estimate of drug-likeness (QED) is 0.824. The molecule has 4 nitrogen and oxygen atoms in total. The van der Waals surface area contributed by atoms with E-state index in [1.165, 1.54) is 0 Å². The highest BCUT2D eigenvalue weighted by molar-refractivity contribution is 5.79. The maximum atomic E-state index is 12.8. The van der Waals surface area contributed by atoms with Crippen LogP contribution in [-0.2, 0) is 11.2 Å². The average molecular weight is 343 g/mol. The van der Waals surface area contributed by atoms with Gasteiger partial charge in [0.1, 0.15) is 19.8 Å². The fourth-order valence-corrected chi connectivity index (χ4v) is 2.96. The summed E-state index contributed by atoms with van der Waals surface area (Å²) in [4.78, 5) is 13.5. The second kappa shape index (κ2) is 6.53. The van der Waals surface area contributed by atoms with Crippen LogP contribution < -0.4 is 9.47 Å². The molecule has 0 radical (unpaired) electrons. The van der Waals surface area contributed by atoms with Crippen LogP contribution in [0.3, 0.4) is 0 Å². The Morgan fingerprint density at radius 2 is 1.92 bits per heavy atom. The Balaban J connectivity index is 1.72. The largest absolute Gasteiger partial charge is 0.486 e. The van der Waals surface area contributed by atoms with Gasteiger partial charge in [-0.3, -0.25) is 4.79 Å². The van der Waals surface area contributed by atoms with E-state index in [2.05, 4.69) is 0 Å². The van der Waals surface area contributed by atoms with Gasteiger partial charge in [-0.15, -0.1) is 0 Å². The predicted octanol–water partition coefficient (Wildman–Crippen LogP) is 3.19. The molecule has 3 rings (SSSR count). The Morgan fingerprint density at radius 1 is 1.25 bits per heavy atom. The van der Waals surface area contributed by atoms with Gasteiger partial charge in [-0.05, 0) is 43.4 Å². The SMILES string of the molecule is CC(C1CC1)N(CC(F)(F)F)C(=O)Cc1ccc2c(c1)OCCO2. The van der Waals surface area contributed by atoms with Crippen molar-refractivity contribution in [2.45, 2.75) is 38.4 Å². The van der Waals surface area contributed by atoms with Crippen molar-refractivity contribution in [2.24, 2.45) is 5.92 Å². The van der Waals surface area contributed by atoms with Crippen molar-refractivity contribution < 1.29 is 27.4 Å². The van der Waals surface area contributed by atoms with Crippen molar-refractivity contribution in [3.05, 3.63) is 23.8 Å². The summed E-state index contributed by atoms with van der Waals surface area (Å²) in [6, 6.07) is 4.66. The molecular formula is C17H20F3NO3. The van der Waals surface area contributed by atoms with Crippen LogP contribution in [0.25, 0.3) is 0 Å². The topological polar surface area (TPSA) is 38.8 Å². The van der Waals surface area contributed by atoms with Gasteiger partial charge in [0.15, 0.2) is 11.5 Å². The zero-order valence-electron chi connectivity index (χ0n) is 13.4. The van der Waals surface area contributed by atoms with Crippen LogP contribution in [0, 0.1) is 5.92 Å². The first-order chi connectivity index (χ1) is 11.3. The molecule has 1 amide bonds. The summed E-state index contributed by atoms with van der Waals surface area (Å²) in [6.45, 7) is 1.38. The van der Waals surface area contributed by atoms with Crippen molar-refractivity contribution >= 4 is 5.91 Å². The highest BCUT2D eigenvalue weighted by Gasteiger charge is 2.40. The average Bonchev–Trinajstić information content (AvgIpc) is 3.36. The smallest absolute Gasteiger partial charge is 0.406 e. The minimum atomic E-state index is -4.40. The monoisotopic (exact) mass is 343 g/mol. The molecule has 0 saturated heterocycles. The number of rotatable bonds is 5. The first-order valence-electron chi connectivity index (χ1n) is 8.08. The van der Waals surface area contributed by atoms with Gasteiger partial charge in [-0.1, -0.05) is 6.07 Å². The molecule has 24 heavy (non-hydrogen) atoms. The highest BCUT2D eigenvalue weighted by atomic mass is 19.4. The number of carbonyl (C=O) groups excluding carboxylic acids is 1. The van der Waals surface area contributed by atoms with E-state index in [1.54, 1.807) is 25.1 Å². The summed E-state index contributed by atoms with van der Waals surface area (Å²) in [5, 5.41) is 0. The van der Waals surface area contributed by atoms with Gasteiger partial charge in [0.25, 0.3) is 0 Å². The van der Waals surface area contributed by atoms with Crippen LogP contribution in [0.2, 0.25) is 0 Å². The number of halogens is 3. The lowest BCUT2D eigenvalue weighted by Crippen LogP contribution is -2.46. The Morgan fingerprint density at radius 3 is 2.54 bits per heavy atom. The molecule has 1 aliphatic heterocycles. The minimum absolute atomic E-state index is 0.0796. The Bertz CT molecular complexity index is 614. The van der Waals surface area contributed by atoms with E-state index in [4.69, 9.17) is 9.47 Å². The fourth-order valence-electron chi connectivity index (χ4n) is 2.96. The van der Waals surface area contributed by atoms with Crippen molar-refractivity contribution in [1.29, 1.82) is 0 Å². The van der Waals surface area contributed by atoms with Crippen LogP contribution in [0.1, 0.15) is 25.3 Å². The van der Waals surface area contributed by atoms with E-state index < -0.39 is 24.7 Å². The molecule has 1 fully saturated rings. The maximum Gasteiger partial charge on any atom is 0.406 e. The van der Waals surface area contributed by atoms with Gasteiger partial charge < -0.3 is 14.4 Å². The first-order valence-corrected chi connectivity index (χ1v) is 8.08. The molecule has 0 N–H and O–H groups in total. The summed E-state index contributed by atoms with van der Waals surface area (Å²) < 4.78 is 49.4. The summed E-state index contributed by atoms with van der Waals surface area (Å²) in [5.41, 5.74) is 0.624. The van der Waals surface area contributed by atoms with Gasteiger partial charge in [0.2, 0.25) is 5.91 Å². The van der Waals surface area contributed by atoms with E-state index in [1.807, 2.05) is 0 Å². The summed E-state index contributed by atoms with van der Waals surface area (Å²) in [7, 11) is 0. The van der Waals surface area contributed by atoms with E-state index in [0.29, 0.717) is 30.3 Å². The van der Waals surface area contributed by atoms with Crippen molar-refractivity contribution in [1.82, 2.24) is 4.90 Å². The van der Waals surface area contributed by atoms with Crippen LogP contribution in [-0.4, -0.2) is 42.8 Å². The van der Waals surface area contributed by atoms with Crippen LogP contribution in [0.15, 0.2) is 18.2 Å². The van der Waals surface area contributed by atoms with E-state index in [9.17, 15) is 18.0 Å². The van der Waals surface area contributed by atoms with Gasteiger partial charge in [-0.25, -0.2) is 0 Å². The number of benzene rings is 1. The lowest BCUT2D eigenvalue weighted by atomic mass is 10.1. The summed E-state index contributed by atoms with van der Waals surface area (Å²) in [6.07, 6.45) is -2.71. The summed E-state index contributed by atoms with van der Waals surface area (Å²) in [5.74, 6) is 0.792. The molecule has 1 atom stereocenters. The third-order valence-electron chi connectivity index (χ3n) is 4.43. The normalized spacial score (nSPS) is 18.2. The number of nitrogens with zero attached hydrogens (tertiary/aromatic N) is 1. The second-order valence-corrected chi connectivity index (χ2v) is 6.37. The maximum absolute atomic E-state index is 12.8. The second-order valence-electron chi connectivity index (χ2n) is 6.37. The molecule has 2 aliphatic rings. The zero-order valence-corrected chi connectivity index (χ0v) is 13.4. The number of fused-ring (bicyclic) bond motifs is 1. The Kier molecular flexibility index (Phi) is 4.60. The molecule has 0 bridgehead atoms. The fraction of sp³-hybridized carbons (Fsp3) is 0.588. The first kappa shape index (κ1) is 16.9. The number of alkyl halides is 3. The van der Waals surface area contributed by atoms with Crippen molar-refractivity contribution in [3.8, 4) is 11.5 Å². The molecule has 132 valence electrons. The molecule has 1 aliphatic carbocycles. The number of amides is 1. The lowest BCUT2D eigenvalue weighted by Gasteiger charge is -2.30. The van der Waals surface area contributed by atoms with Crippen molar-refractivity contribution in [2.75, 3.05) is 19.8 Å². The van der Waals surface area contributed by atoms with E-state index in [0.717, 1.165) is 17.7 Å². The molecular weight excluding hydrogens is 323 g/mol. The van der Waals surface area contributed by atoms with Gasteiger partial charge in [-0.2, -0.15) is 13.2 Å². The van der Waals surface area contributed by atoms with Gasteiger partial charge in [0.05, 0.1) is 6.42 Å². The number of hydrogen-bond acceptors (Lipinski definition) is 3. The molecule has 1 heterocycles. The molecule has 0 aromatic heterocycles. The van der Waals surface area contributed by atoms with Crippen LogP contribution >= 0.6 is 0 Å². The van der Waals surface area contributed by atoms with Crippen molar-refractivity contribution in [3.63, 3.8) is 0 Å². The molecule has 1 unspecified atom stereocenters. The van der Waals surface area contributed by atoms with Gasteiger partial charge >= 0.3 is 6.18 Å². The molecule has 7 heteroatoms. The summed E-state index contributed by atoms with van der Waals surface area (Å²) >= 11 is 0. The Labute approximate surface area is 138 Å². The molecule has 1 aromatic rings. The lowest BCUT2D eigenvalue weighted by molar-refractivity contribution is -0.165. The van der Waals surface area contributed by atoms with E-state index in [-0.39, 0.29) is 12.3 Å². The predicted molar refractivity (Wildman–Crippen MR) is 81.1 cm³/mol. The molecule has 1 aromatic carbocycles. The molecule has 0 spiro atoms. The third kappa shape index (κ3) is 4.13. The number of ether oxygens (including phenoxy) is 2. The minimum Gasteiger partial charge on any atom is -0.486 e.